The minimum absolute atomic E-state index is 0.419. The molecular formula is C17H17N5O2S. The van der Waals surface area contributed by atoms with Crippen molar-refractivity contribution >= 4 is 17.9 Å². The molecule has 0 aliphatic heterocycles. The van der Waals surface area contributed by atoms with E-state index in [2.05, 4.69) is 9.97 Å². The maximum Gasteiger partial charge on any atom is 0.405 e. The SMILES string of the molecule is CCc1nc(C(CC)OC(N)=O)[nH]c1Sc1cc(C#N)cc(C#N)c1. The summed E-state index contributed by atoms with van der Waals surface area (Å²) in [6.07, 6.45) is -0.186. The second kappa shape index (κ2) is 8.22. The molecule has 1 amide bonds. The average Bonchev–Trinajstić information content (AvgIpc) is 3.01. The third-order valence-electron chi connectivity index (χ3n) is 3.41. The number of hydrogen-bond acceptors (Lipinski definition) is 6. The van der Waals surface area contributed by atoms with Crippen LogP contribution >= 0.6 is 11.8 Å². The Kier molecular flexibility index (Phi) is 6.04. The number of nitrogens with one attached hydrogen (secondary N) is 1. The van der Waals surface area contributed by atoms with Crippen molar-refractivity contribution in [2.45, 2.75) is 42.7 Å². The fourth-order valence-corrected chi connectivity index (χ4v) is 3.34. The van der Waals surface area contributed by atoms with Crippen LogP contribution in [0.1, 0.15) is 49.0 Å². The maximum atomic E-state index is 11.0. The van der Waals surface area contributed by atoms with Crippen molar-refractivity contribution in [3.8, 4) is 12.1 Å². The molecule has 0 fully saturated rings. The van der Waals surface area contributed by atoms with Crippen LogP contribution in [0.2, 0.25) is 0 Å². The summed E-state index contributed by atoms with van der Waals surface area (Å²) in [5.41, 5.74) is 6.75. The van der Waals surface area contributed by atoms with Crippen molar-refractivity contribution in [2.24, 2.45) is 5.73 Å². The van der Waals surface area contributed by atoms with Crippen LogP contribution in [0.15, 0.2) is 28.1 Å². The topological polar surface area (TPSA) is 129 Å². The highest BCUT2D eigenvalue weighted by Gasteiger charge is 2.20. The molecule has 0 radical (unpaired) electrons. The summed E-state index contributed by atoms with van der Waals surface area (Å²) in [6.45, 7) is 3.83. The van der Waals surface area contributed by atoms with Gasteiger partial charge in [-0.15, -0.1) is 0 Å². The second-order valence-electron chi connectivity index (χ2n) is 5.16. The van der Waals surface area contributed by atoms with E-state index in [-0.39, 0.29) is 0 Å². The highest BCUT2D eigenvalue weighted by molar-refractivity contribution is 7.99. The molecule has 25 heavy (non-hydrogen) atoms. The van der Waals surface area contributed by atoms with Crippen molar-refractivity contribution in [2.75, 3.05) is 0 Å². The molecule has 0 saturated heterocycles. The molecule has 0 bridgehead atoms. The molecule has 1 aromatic heterocycles. The fourth-order valence-electron chi connectivity index (χ4n) is 2.27. The van der Waals surface area contributed by atoms with Crippen LogP contribution in [-0.2, 0) is 11.2 Å². The first-order valence-corrected chi connectivity index (χ1v) is 8.50. The highest BCUT2D eigenvalue weighted by atomic mass is 32.2. The number of rotatable bonds is 6. The summed E-state index contributed by atoms with van der Waals surface area (Å²) in [6, 6.07) is 9.06. The van der Waals surface area contributed by atoms with Gasteiger partial charge in [-0.1, -0.05) is 25.6 Å². The number of primary amides is 1. The Morgan fingerprint density at radius 3 is 2.44 bits per heavy atom. The van der Waals surface area contributed by atoms with Gasteiger partial charge in [0.15, 0.2) is 6.10 Å². The van der Waals surface area contributed by atoms with Crippen molar-refractivity contribution in [1.29, 1.82) is 10.5 Å². The molecule has 0 saturated carbocycles. The number of nitriles is 2. The molecule has 128 valence electrons. The van der Waals surface area contributed by atoms with Gasteiger partial charge in [0.25, 0.3) is 0 Å². The van der Waals surface area contributed by atoms with E-state index in [9.17, 15) is 4.79 Å². The molecule has 1 aromatic carbocycles. The van der Waals surface area contributed by atoms with E-state index in [4.69, 9.17) is 21.0 Å². The number of aryl methyl sites for hydroxylation is 1. The number of hydrogen-bond donors (Lipinski definition) is 2. The summed E-state index contributed by atoms with van der Waals surface area (Å²) >= 11 is 1.37. The third-order valence-corrected chi connectivity index (χ3v) is 4.43. The average molecular weight is 355 g/mol. The molecule has 1 unspecified atom stereocenters. The smallest absolute Gasteiger partial charge is 0.405 e. The number of nitrogens with two attached hydrogens (primary N) is 1. The molecular weight excluding hydrogens is 338 g/mol. The number of imidazole rings is 1. The third kappa shape index (κ3) is 4.52. The second-order valence-corrected chi connectivity index (χ2v) is 6.24. The molecule has 8 heteroatoms. The van der Waals surface area contributed by atoms with Crippen molar-refractivity contribution < 1.29 is 9.53 Å². The molecule has 2 rings (SSSR count). The number of benzene rings is 1. The number of ether oxygens (including phenoxy) is 1. The van der Waals surface area contributed by atoms with Gasteiger partial charge in [-0.25, -0.2) is 9.78 Å². The predicted molar refractivity (Wildman–Crippen MR) is 91.7 cm³/mol. The maximum absolute atomic E-state index is 11.0. The van der Waals surface area contributed by atoms with Gasteiger partial charge in [0.2, 0.25) is 0 Å². The summed E-state index contributed by atoms with van der Waals surface area (Å²) in [5, 5.41) is 19.0. The number of carbonyl (C=O) groups excluding carboxylic acids is 1. The van der Waals surface area contributed by atoms with Crippen LogP contribution in [0.5, 0.6) is 0 Å². The normalized spacial score (nSPS) is 11.4. The van der Waals surface area contributed by atoms with Gasteiger partial charge in [0.1, 0.15) is 10.9 Å². The number of carbonyl (C=O) groups is 1. The Morgan fingerprint density at radius 2 is 1.96 bits per heavy atom. The van der Waals surface area contributed by atoms with E-state index in [1.165, 1.54) is 17.8 Å². The predicted octanol–water partition coefficient (Wildman–Crippen LogP) is 3.41. The van der Waals surface area contributed by atoms with Gasteiger partial charge in [-0.05, 0) is 31.0 Å². The lowest BCUT2D eigenvalue weighted by atomic mass is 10.1. The number of H-pyrrole nitrogens is 1. The van der Waals surface area contributed by atoms with Gasteiger partial charge in [0.05, 0.1) is 29.0 Å². The molecule has 7 nitrogen and oxygen atoms in total. The van der Waals surface area contributed by atoms with E-state index < -0.39 is 12.2 Å². The van der Waals surface area contributed by atoms with Crippen LogP contribution in [0.4, 0.5) is 4.79 Å². The summed E-state index contributed by atoms with van der Waals surface area (Å²) in [5.74, 6) is 0.526. The first kappa shape index (κ1) is 18.4. The zero-order valence-electron chi connectivity index (χ0n) is 13.9. The molecule has 1 atom stereocenters. The molecule has 3 N–H and O–H groups in total. The fraction of sp³-hybridized carbons (Fsp3) is 0.294. The summed E-state index contributed by atoms with van der Waals surface area (Å²) in [7, 11) is 0. The minimum atomic E-state index is -0.851. The Morgan fingerprint density at radius 1 is 1.32 bits per heavy atom. The van der Waals surface area contributed by atoms with Crippen LogP contribution < -0.4 is 5.73 Å². The molecule has 0 aliphatic carbocycles. The molecule has 0 aliphatic rings. The Balaban J connectivity index is 2.36. The number of aromatic nitrogens is 2. The lowest BCUT2D eigenvalue weighted by molar-refractivity contribution is 0.0993. The summed E-state index contributed by atoms with van der Waals surface area (Å²) in [4.78, 5) is 19.4. The van der Waals surface area contributed by atoms with Gasteiger partial charge >= 0.3 is 6.09 Å². The lowest BCUT2D eigenvalue weighted by Crippen LogP contribution is -2.17. The number of aromatic amines is 1. The van der Waals surface area contributed by atoms with Crippen LogP contribution in [0.3, 0.4) is 0 Å². The quantitative estimate of drug-likeness (QED) is 0.817. The van der Waals surface area contributed by atoms with E-state index in [1.54, 1.807) is 12.1 Å². The van der Waals surface area contributed by atoms with Crippen LogP contribution in [0, 0.1) is 22.7 Å². The standard InChI is InChI=1S/C17H17N5O2S/c1-3-13-16(22-15(21-13)14(4-2)24-17(20)23)25-12-6-10(8-18)5-11(7-12)9-19/h5-7,14H,3-4H2,1-2H3,(H2,20,23)(H,21,22). The lowest BCUT2D eigenvalue weighted by Gasteiger charge is -2.11. The summed E-state index contributed by atoms with van der Waals surface area (Å²) < 4.78 is 5.07. The van der Waals surface area contributed by atoms with Crippen molar-refractivity contribution in [3.63, 3.8) is 0 Å². The monoisotopic (exact) mass is 355 g/mol. The van der Waals surface area contributed by atoms with Crippen molar-refractivity contribution in [3.05, 3.63) is 40.8 Å². The first-order valence-electron chi connectivity index (χ1n) is 7.68. The van der Waals surface area contributed by atoms with E-state index >= 15 is 0 Å². The first-order chi connectivity index (χ1) is 12.0. The van der Waals surface area contributed by atoms with Gasteiger partial charge in [-0.2, -0.15) is 10.5 Å². The Labute approximate surface area is 149 Å². The van der Waals surface area contributed by atoms with Crippen molar-refractivity contribution in [1.82, 2.24) is 9.97 Å². The molecule has 0 spiro atoms. The van der Waals surface area contributed by atoms with E-state index in [0.717, 1.165) is 15.6 Å². The zero-order valence-corrected chi connectivity index (χ0v) is 14.7. The Hall–Kier alpha value is -2.97. The molecule has 2 aromatic rings. The van der Waals surface area contributed by atoms with E-state index in [0.29, 0.717) is 29.8 Å². The Bertz CT molecular complexity index is 831. The number of amides is 1. The highest BCUT2D eigenvalue weighted by Crippen LogP contribution is 2.32. The van der Waals surface area contributed by atoms with E-state index in [1.807, 2.05) is 26.0 Å². The minimum Gasteiger partial charge on any atom is -0.438 e. The van der Waals surface area contributed by atoms with Crippen LogP contribution in [-0.4, -0.2) is 16.1 Å². The molecule has 1 heterocycles. The number of nitrogens with zero attached hydrogens (tertiary/aromatic N) is 3. The van der Waals surface area contributed by atoms with Gasteiger partial charge < -0.3 is 15.5 Å². The zero-order chi connectivity index (χ0) is 18.4. The van der Waals surface area contributed by atoms with Gasteiger partial charge in [-0.3, -0.25) is 0 Å². The van der Waals surface area contributed by atoms with Gasteiger partial charge in [0, 0.05) is 4.90 Å². The largest absolute Gasteiger partial charge is 0.438 e. The van der Waals surface area contributed by atoms with Crippen LogP contribution in [0.25, 0.3) is 0 Å².